The van der Waals surface area contributed by atoms with Crippen molar-refractivity contribution in [2.24, 2.45) is 0 Å². The van der Waals surface area contributed by atoms with Crippen LogP contribution in [-0.4, -0.2) is 34.8 Å². The summed E-state index contributed by atoms with van der Waals surface area (Å²) < 4.78 is 31.6. The van der Waals surface area contributed by atoms with Gasteiger partial charge in [-0.3, -0.25) is 10.1 Å². The van der Waals surface area contributed by atoms with E-state index in [1.807, 2.05) is 0 Å². The van der Waals surface area contributed by atoms with Crippen LogP contribution in [0, 0.1) is 17.0 Å². The molecule has 0 amide bonds. The second kappa shape index (κ2) is 7.66. The van der Waals surface area contributed by atoms with Crippen molar-refractivity contribution in [3.05, 3.63) is 69.1 Å². The highest BCUT2D eigenvalue weighted by Crippen LogP contribution is 2.27. The monoisotopic (exact) mass is 422 g/mol. The molecule has 0 radical (unpaired) electrons. The van der Waals surface area contributed by atoms with Crippen LogP contribution in [0.25, 0.3) is 11.4 Å². The third-order valence-electron chi connectivity index (χ3n) is 4.03. The summed E-state index contributed by atoms with van der Waals surface area (Å²) in [5.41, 5.74) is 0.653. The summed E-state index contributed by atoms with van der Waals surface area (Å²) in [6.07, 6.45) is 0. The second-order valence-electron chi connectivity index (χ2n) is 5.96. The molecule has 9 nitrogen and oxygen atoms in total. The van der Waals surface area contributed by atoms with Crippen LogP contribution in [0.3, 0.4) is 0 Å². The Morgan fingerprint density at radius 1 is 1.25 bits per heavy atom. The van der Waals surface area contributed by atoms with Gasteiger partial charge in [0.15, 0.2) is 0 Å². The highest BCUT2D eigenvalue weighted by Gasteiger charge is 2.26. The van der Waals surface area contributed by atoms with E-state index in [1.54, 1.807) is 24.3 Å². The summed E-state index contributed by atoms with van der Waals surface area (Å²) in [6, 6.07) is 10.6. The summed E-state index contributed by atoms with van der Waals surface area (Å²) in [6.45, 7) is 1.33. The van der Waals surface area contributed by atoms with Crippen LogP contribution in [0.2, 0.25) is 5.02 Å². The molecule has 11 heteroatoms. The minimum Gasteiger partial charge on any atom is -0.338 e. The number of benzene rings is 2. The zero-order valence-electron chi connectivity index (χ0n) is 14.9. The summed E-state index contributed by atoms with van der Waals surface area (Å²) >= 11 is 6.10. The molecule has 0 fully saturated rings. The van der Waals surface area contributed by atoms with Crippen molar-refractivity contribution < 1.29 is 17.9 Å². The standard InChI is InChI=1S/C17H15ClN4O5S/c1-11-7-8-12(9-15(11)22(23)24)28(25,26)21(2)10-16-19-17(20-27-16)13-5-3-4-6-14(13)18/h3-9H,10H2,1-2H3. The van der Waals surface area contributed by atoms with E-state index in [9.17, 15) is 18.5 Å². The predicted molar refractivity (Wildman–Crippen MR) is 101 cm³/mol. The number of nitrogens with zero attached hydrogens (tertiary/aromatic N) is 4. The van der Waals surface area contributed by atoms with Gasteiger partial charge in [-0.25, -0.2) is 8.42 Å². The van der Waals surface area contributed by atoms with Crippen molar-refractivity contribution in [3.63, 3.8) is 0 Å². The molecule has 0 spiro atoms. The fraction of sp³-hybridized carbons (Fsp3) is 0.176. The van der Waals surface area contributed by atoms with Gasteiger partial charge in [-0.15, -0.1) is 0 Å². The number of hydrogen-bond acceptors (Lipinski definition) is 7. The first kappa shape index (κ1) is 19.9. The Balaban J connectivity index is 1.85. The maximum Gasteiger partial charge on any atom is 0.273 e. The van der Waals surface area contributed by atoms with Crippen LogP contribution in [0.15, 0.2) is 51.9 Å². The molecule has 0 saturated carbocycles. The lowest BCUT2D eigenvalue weighted by molar-refractivity contribution is -0.385. The number of nitro benzene ring substituents is 1. The molecule has 1 aromatic heterocycles. The summed E-state index contributed by atoms with van der Waals surface area (Å²) in [5.74, 6) is 0.292. The van der Waals surface area contributed by atoms with Crippen LogP contribution < -0.4 is 0 Å². The summed E-state index contributed by atoms with van der Waals surface area (Å²) in [5, 5.41) is 15.3. The van der Waals surface area contributed by atoms with E-state index in [2.05, 4.69) is 10.1 Å². The number of nitro groups is 1. The minimum absolute atomic E-state index is 0.0580. The zero-order chi connectivity index (χ0) is 20.5. The Morgan fingerprint density at radius 2 is 1.96 bits per heavy atom. The van der Waals surface area contributed by atoms with Crippen molar-refractivity contribution in [1.29, 1.82) is 0 Å². The van der Waals surface area contributed by atoms with Gasteiger partial charge in [-0.05, 0) is 25.1 Å². The van der Waals surface area contributed by atoms with E-state index >= 15 is 0 Å². The normalized spacial score (nSPS) is 11.7. The number of halogens is 1. The van der Waals surface area contributed by atoms with Crippen molar-refractivity contribution in [2.75, 3.05) is 7.05 Å². The smallest absolute Gasteiger partial charge is 0.273 e. The molecule has 146 valence electrons. The molecule has 0 bridgehead atoms. The second-order valence-corrected chi connectivity index (χ2v) is 8.41. The number of aryl methyl sites for hydroxylation is 1. The SMILES string of the molecule is Cc1ccc(S(=O)(=O)N(C)Cc2nc(-c3ccccc3Cl)no2)cc1[N+](=O)[O-]. The van der Waals surface area contributed by atoms with E-state index in [0.29, 0.717) is 16.1 Å². The Morgan fingerprint density at radius 3 is 2.64 bits per heavy atom. The fourth-order valence-corrected chi connectivity index (χ4v) is 3.83. The molecule has 3 rings (SSSR count). The van der Waals surface area contributed by atoms with Gasteiger partial charge in [0.25, 0.3) is 5.69 Å². The molecule has 0 aliphatic rings. The molecule has 0 N–H and O–H groups in total. The van der Waals surface area contributed by atoms with Gasteiger partial charge >= 0.3 is 0 Å². The van der Waals surface area contributed by atoms with E-state index in [0.717, 1.165) is 10.4 Å². The van der Waals surface area contributed by atoms with Crippen LogP contribution in [0.4, 0.5) is 5.69 Å². The van der Waals surface area contributed by atoms with E-state index in [1.165, 1.54) is 26.1 Å². The number of hydrogen-bond donors (Lipinski definition) is 0. The largest absolute Gasteiger partial charge is 0.338 e. The number of sulfonamides is 1. The molecule has 0 saturated heterocycles. The van der Waals surface area contributed by atoms with Gasteiger partial charge in [0.05, 0.1) is 21.4 Å². The average Bonchev–Trinajstić information content (AvgIpc) is 3.10. The molecule has 2 aromatic carbocycles. The molecule has 0 atom stereocenters. The van der Waals surface area contributed by atoms with Gasteiger partial charge < -0.3 is 4.52 Å². The fourth-order valence-electron chi connectivity index (χ4n) is 2.47. The topological polar surface area (TPSA) is 119 Å². The van der Waals surface area contributed by atoms with Gasteiger partial charge in [0.2, 0.25) is 21.7 Å². The van der Waals surface area contributed by atoms with Gasteiger partial charge in [0, 0.05) is 24.2 Å². The molecule has 0 aliphatic heterocycles. The molecule has 0 aliphatic carbocycles. The maximum absolute atomic E-state index is 12.7. The first-order valence-electron chi connectivity index (χ1n) is 7.99. The Bertz CT molecular complexity index is 1150. The Labute approximate surface area is 165 Å². The van der Waals surface area contributed by atoms with Crippen LogP contribution in [0.5, 0.6) is 0 Å². The van der Waals surface area contributed by atoms with Crippen LogP contribution in [-0.2, 0) is 16.6 Å². The van der Waals surface area contributed by atoms with Crippen molar-refractivity contribution in [1.82, 2.24) is 14.4 Å². The van der Waals surface area contributed by atoms with Gasteiger partial charge in [-0.1, -0.05) is 35.0 Å². The lowest BCUT2D eigenvalue weighted by Crippen LogP contribution is -2.26. The molecule has 0 unspecified atom stereocenters. The highest BCUT2D eigenvalue weighted by atomic mass is 35.5. The lowest BCUT2D eigenvalue weighted by Gasteiger charge is -2.15. The van der Waals surface area contributed by atoms with Crippen LogP contribution >= 0.6 is 11.6 Å². The lowest BCUT2D eigenvalue weighted by atomic mass is 10.2. The molecule has 1 heterocycles. The number of aromatic nitrogens is 2. The number of rotatable bonds is 6. The minimum atomic E-state index is -4.00. The van der Waals surface area contributed by atoms with Gasteiger partial charge in [0.1, 0.15) is 0 Å². The average molecular weight is 423 g/mol. The zero-order valence-corrected chi connectivity index (χ0v) is 16.4. The molecule has 28 heavy (non-hydrogen) atoms. The first-order chi connectivity index (χ1) is 13.2. The predicted octanol–water partition coefficient (Wildman–Crippen LogP) is 3.43. The maximum atomic E-state index is 12.7. The van der Waals surface area contributed by atoms with E-state index < -0.39 is 14.9 Å². The molecular formula is C17H15ClN4O5S. The van der Waals surface area contributed by atoms with Crippen LogP contribution in [0.1, 0.15) is 11.5 Å². The van der Waals surface area contributed by atoms with Gasteiger partial charge in [-0.2, -0.15) is 9.29 Å². The van der Waals surface area contributed by atoms with E-state index in [-0.39, 0.29) is 28.8 Å². The Hall–Kier alpha value is -2.82. The third-order valence-corrected chi connectivity index (χ3v) is 6.16. The third kappa shape index (κ3) is 3.88. The first-order valence-corrected chi connectivity index (χ1v) is 9.81. The molecular weight excluding hydrogens is 408 g/mol. The summed E-state index contributed by atoms with van der Waals surface area (Å²) in [7, 11) is -2.68. The molecule has 3 aromatic rings. The van der Waals surface area contributed by atoms with Crippen molar-refractivity contribution in [2.45, 2.75) is 18.4 Å². The quantitative estimate of drug-likeness (QED) is 0.440. The summed E-state index contributed by atoms with van der Waals surface area (Å²) in [4.78, 5) is 14.4. The van der Waals surface area contributed by atoms with Crippen molar-refractivity contribution >= 4 is 27.3 Å². The highest BCUT2D eigenvalue weighted by molar-refractivity contribution is 7.89. The Kier molecular flexibility index (Phi) is 5.45. The van der Waals surface area contributed by atoms with Crippen molar-refractivity contribution in [3.8, 4) is 11.4 Å². The van der Waals surface area contributed by atoms with E-state index in [4.69, 9.17) is 16.1 Å².